The number of rotatable bonds is 6. The van der Waals surface area contributed by atoms with E-state index in [1.807, 2.05) is 31.4 Å². The van der Waals surface area contributed by atoms with Crippen molar-refractivity contribution in [1.29, 1.82) is 0 Å². The van der Waals surface area contributed by atoms with Crippen molar-refractivity contribution in [2.75, 3.05) is 7.11 Å². The van der Waals surface area contributed by atoms with Crippen LogP contribution in [0.4, 0.5) is 0 Å². The summed E-state index contributed by atoms with van der Waals surface area (Å²) in [6.45, 7) is 4.21. The molecule has 23 heavy (non-hydrogen) atoms. The van der Waals surface area contributed by atoms with Crippen molar-refractivity contribution in [2.45, 2.75) is 44.2 Å². The van der Waals surface area contributed by atoms with Gasteiger partial charge in [-0.3, -0.25) is 0 Å². The summed E-state index contributed by atoms with van der Waals surface area (Å²) in [5.74, 6) is 0.750. The Balaban J connectivity index is 1.98. The van der Waals surface area contributed by atoms with Gasteiger partial charge >= 0.3 is 0 Å². The van der Waals surface area contributed by atoms with E-state index in [1.54, 1.807) is 34.9 Å². The molecule has 0 amide bonds. The number of hydrogen-bond donors (Lipinski definition) is 0. The lowest BCUT2D eigenvalue weighted by Crippen LogP contribution is -2.32. The van der Waals surface area contributed by atoms with E-state index in [1.165, 1.54) is 0 Å². The zero-order valence-electron chi connectivity index (χ0n) is 13.6. The highest BCUT2D eigenvalue weighted by atomic mass is 32.2. The molecule has 1 aromatic heterocycles. The Hall–Kier alpha value is -1.37. The van der Waals surface area contributed by atoms with Crippen molar-refractivity contribution in [1.82, 2.24) is 4.31 Å². The van der Waals surface area contributed by atoms with Crippen LogP contribution >= 0.6 is 11.3 Å². The summed E-state index contributed by atoms with van der Waals surface area (Å²) in [7, 11) is -1.89. The zero-order chi connectivity index (χ0) is 16.6. The van der Waals surface area contributed by atoms with Crippen LogP contribution in [-0.4, -0.2) is 25.9 Å². The van der Waals surface area contributed by atoms with E-state index in [2.05, 4.69) is 0 Å². The molecule has 2 aromatic rings. The molecule has 0 unspecified atom stereocenters. The first kappa shape index (κ1) is 16.5. The van der Waals surface area contributed by atoms with Crippen LogP contribution in [0.25, 0.3) is 0 Å². The second-order valence-corrected chi connectivity index (χ2v) is 8.87. The van der Waals surface area contributed by atoms with E-state index < -0.39 is 10.0 Å². The van der Waals surface area contributed by atoms with E-state index >= 15 is 0 Å². The van der Waals surface area contributed by atoms with Crippen LogP contribution in [0.5, 0.6) is 5.75 Å². The number of thiophene rings is 1. The van der Waals surface area contributed by atoms with Gasteiger partial charge in [-0.2, -0.15) is 4.31 Å². The van der Waals surface area contributed by atoms with Gasteiger partial charge in [-0.25, -0.2) is 8.42 Å². The maximum absolute atomic E-state index is 13.1. The number of methoxy groups -OCH3 is 1. The third kappa shape index (κ3) is 3.29. The lowest BCUT2D eigenvalue weighted by molar-refractivity contribution is 0.399. The molecule has 4 nitrogen and oxygen atoms in total. The van der Waals surface area contributed by atoms with E-state index in [-0.39, 0.29) is 6.04 Å². The molecule has 124 valence electrons. The van der Waals surface area contributed by atoms with Crippen molar-refractivity contribution in [3.8, 4) is 5.75 Å². The number of hydrogen-bond acceptors (Lipinski definition) is 4. The molecule has 0 atom stereocenters. The van der Waals surface area contributed by atoms with Gasteiger partial charge in [-0.1, -0.05) is 6.07 Å². The van der Waals surface area contributed by atoms with Crippen molar-refractivity contribution in [3.05, 3.63) is 45.6 Å². The quantitative estimate of drug-likeness (QED) is 0.797. The van der Waals surface area contributed by atoms with Crippen LogP contribution in [0.1, 0.15) is 28.8 Å². The molecule has 6 heteroatoms. The molecule has 0 aliphatic heterocycles. The van der Waals surface area contributed by atoms with Crippen molar-refractivity contribution < 1.29 is 13.2 Å². The Morgan fingerprint density at radius 1 is 1.26 bits per heavy atom. The Morgan fingerprint density at radius 3 is 2.39 bits per heavy atom. The maximum atomic E-state index is 13.1. The highest BCUT2D eigenvalue weighted by molar-refractivity contribution is 7.89. The third-order valence-corrected chi connectivity index (χ3v) is 6.83. The normalized spacial score (nSPS) is 15.1. The third-order valence-electron chi connectivity index (χ3n) is 4.09. The molecular formula is C17H21NO3S2. The second kappa shape index (κ2) is 6.26. The molecule has 0 bridgehead atoms. The fourth-order valence-electron chi connectivity index (χ4n) is 2.85. The van der Waals surface area contributed by atoms with E-state index in [0.717, 1.165) is 34.6 Å². The monoisotopic (exact) mass is 351 g/mol. The molecule has 1 heterocycles. The van der Waals surface area contributed by atoms with Crippen LogP contribution in [-0.2, 0) is 16.6 Å². The minimum Gasteiger partial charge on any atom is -0.496 e. The predicted octanol–water partition coefficient (Wildman–Crippen LogP) is 3.73. The minimum atomic E-state index is -3.50. The summed E-state index contributed by atoms with van der Waals surface area (Å²) >= 11 is 1.59. The molecule has 0 N–H and O–H groups in total. The van der Waals surface area contributed by atoms with Gasteiger partial charge in [0.25, 0.3) is 0 Å². The van der Waals surface area contributed by atoms with Gasteiger partial charge in [-0.15, -0.1) is 11.3 Å². The standard InChI is InChI=1S/C17H21NO3S2/c1-12-9-16(10-13(2)17(12)21-3)23(19,20)18(14-6-7-14)11-15-5-4-8-22-15/h4-5,8-10,14H,6-7,11H2,1-3H3. The summed E-state index contributed by atoms with van der Waals surface area (Å²) in [6.07, 6.45) is 1.89. The van der Waals surface area contributed by atoms with Gasteiger partial charge in [0.1, 0.15) is 5.75 Å². The number of nitrogens with zero attached hydrogens (tertiary/aromatic N) is 1. The van der Waals surface area contributed by atoms with Gasteiger partial charge < -0.3 is 4.74 Å². The summed E-state index contributed by atoms with van der Waals surface area (Å²) < 4.78 is 33.3. The minimum absolute atomic E-state index is 0.129. The van der Waals surface area contributed by atoms with Crippen LogP contribution in [0.3, 0.4) is 0 Å². The van der Waals surface area contributed by atoms with E-state index in [0.29, 0.717) is 11.4 Å². The van der Waals surface area contributed by atoms with Gasteiger partial charge in [0.05, 0.1) is 12.0 Å². The van der Waals surface area contributed by atoms with Gasteiger partial charge in [0, 0.05) is 17.5 Å². The lowest BCUT2D eigenvalue weighted by atomic mass is 10.1. The lowest BCUT2D eigenvalue weighted by Gasteiger charge is -2.22. The fourth-order valence-corrected chi connectivity index (χ4v) is 5.46. The highest BCUT2D eigenvalue weighted by Gasteiger charge is 2.38. The molecule has 0 saturated heterocycles. The van der Waals surface area contributed by atoms with Crippen molar-refractivity contribution in [2.24, 2.45) is 0 Å². The topological polar surface area (TPSA) is 46.6 Å². The largest absolute Gasteiger partial charge is 0.496 e. The molecule has 0 radical (unpaired) electrons. The summed E-state index contributed by atoms with van der Waals surface area (Å²) in [5, 5.41) is 1.98. The molecule has 0 spiro atoms. The average Bonchev–Trinajstić information content (AvgIpc) is 3.20. The SMILES string of the molecule is COc1c(C)cc(S(=O)(=O)N(Cc2cccs2)C2CC2)cc1C. The Morgan fingerprint density at radius 2 is 1.91 bits per heavy atom. The molecule has 1 aromatic carbocycles. The number of ether oxygens (including phenoxy) is 1. The van der Waals surface area contributed by atoms with Gasteiger partial charge in [0.2, 0.25) is 10.0 Å². The summed E-state index contributed by atoms with van der Waals surface area (Å²) in [6, 6.07) is 7.50. The first-order valence-corrected chi connectivity index (χ1v) is 9.95. The van der Waals surface area contributed by atoms with E-state index in [9.17, 15) is 8.42 Å². The number of aryl methyl sites for hydroxylation is 2. The molecule has 3 rings (SSSR count). The predicted molar refractivity (Wildman–Crippen MR) is 92.5 cm³/mol. The number of benzene rings is 1. The maximum Gasteiger partial charge on any atom is 0.243 e. The summed E-state index contributed by atoms with van der Waals surface area (Å²) in [4.78, 5) is 1.43. The van der Waals surface area contributed by atoms with E-state index in [4.69, 9.17) is 4.74 Å². The Kier molecular flexibility index (Phi) is 4.49. The van der Waals surface area contributed by atoms with Gasteiger partial charge in [0.15, 0.2) is 0 Å². The summed E-state index contributed by atoms with van der Waals surface area (Å²) in [5.41, 5.74) is 1.69. The van der Waals surface area contributed by atoms with Crippen LogP contribution < -0.4 is 4.74 Å². The Labute approximate surface area is 141 Å². The smallest absolute Gasteiger partial charge is 0.243 e. The molecule has 1 aliphatic carbocycles. The van der Waals surface area contributed by atoms with Crippen LogP contribution in [0.2, 0.25) is 0 Å². The van der Waals surface area contributed by atoms with Gasteiger partial charge in [-0.05, 0) is 61.4 Å². The first-order valence-electron chi connectivity index (χ1n) is 7.63. The fraction of sp³-hybridized carbons (Fsp3) is 0.412. The molecule has 1 fully saturated rings. The second-order valence-electron chi connectivity index (χ2n) is 5.95. The molecule has 1 saturated carbocycles. The van der Waals surface area contributed by atoms with Crippen LogP contribution in [0.15, 0.2) is 34.5 Å². The molecule has 1 aliphatic rings. The average molecular weight is 351 g/mol. The molecular weight excluding hydrogens is 330 g/mol. The Bertz CT molecular complexity index is 770. The van der Waals surface area contributed by atoms with Crippen molar-refractivity contribution in [3.63, 3.8) is 0 Å². The van der Waals surface area contributed by atoms with Crippen LogP contribution in [0, 0.1) is 13.8 Å². The van der Waals surface area contributed by atoms with Crippen molar-refractivity contribution >= 4 is 21.4 Å². The first-order chi connectivity index (χ1) is 10.9. The number of sulfonamides is 1. The highest BCUT2D eigenvalue weighted by Crippen LogP contribution is 2.36. The zero-order valence-corrected chi connectivity index (χ0v) is 15.2.